The maximum Gasteiger partial charge on any atom is 0.355 e. The number of ether oxygens (including phenoxy) is 1. The van der Waals surface area contributed by atoms with Crippen molar-refractivity contribution < 1.29 is 22.7 Å². The average molecular weight is 435 g/mol. The van der Waals surface area contributed by atoms with Gasteiger partial charge in [-0.15, -0.1) is 0 Å². The first-order chi connectivity index (χ1) is 14.1. The van der Waals surface area contributed by atoms with Crippen LogP contribution < -0.4 is 0 Å². The third-order valence-electron chi connectivity index (χ3n) is 5.05. The summed E-state index contributed by atoms with van der Waals surface area (Å²) >= 11 is 0. The summed E-state index contributed by atoms with van der Waals surface area (Å²) in [5, 5.41) is 0. The highest BCUT2D eigenvalue weighted by molar-refractivity contribution is 7.89. The number of aromatic nitrogens is 1. The highest BCUT2D eigenvalue weighted by Gasteiger charge is 2.35. The third-order valence-corrected chi connectivity index (χ3v) is 7.03. The van der Waals surface area contributed by atoms with Crippen molar-refractivity contribution in [3.05, 3.63) is 52.3 Å². The summed E-state index contributed by atoms with van der Waals surface area (Å²) in [7, 11) is -3.87. The molecule has 1 aromatic heterocycles. The first-order valence-corrected chi connectivity index (χ1v) is 11.5. The van der Waals surface area contributed by atoms with Crippen LogP contribution >= 0.6 is 0 Å². The molecule has 1 unspecified atom stereocenters. The molecule has 0 aliphatic rings. The molecular weight excluding hydrogens is 404 g/mol. The van der Waals surface area contributed by atoms with Crippen LogP contribution in [0.3, 0.4) is 0 Å². The number of nitrogens with one attached hydrogen (secondary N) is 1. The lowest BCUT2D eigenvalue weighted by atomic mass is 10.0. The zero-order valence-corrected chi connectivity index (χ0v) is 19.2. The van der Waals surface area contributed by atoms with E-state index in [-0.39, 0.29) is 29.5 Å². The second-order valence-corrected chi connectivity index (χ2v) is 9.21. The van der Waals surface area contributed by atoms with Crippen LogP contribution in [0.4, 0.5) is 0 Å². The van der Waals surface area contributed by atoms with Gasteiger partial charge in [-0.1, -0.05) is 24.6 Å². The van der Waals surface area contributed by atoms with E-state index in [0.29, 0.717) is 23.2 Å². The van der Waals surface area contributed by atoms with Crippen molar-refractivity contribution in [2.75, 3.05) is 13.2 Å². The van der Waals surface area contributed by atoms with Crippen LogP contribution in [-0.4, -0.2) is 48.7 Å². The molecule has 1 N–H and O–H groups in total. The number of Topliss-reactive ketones (excluding diaryl/α,β-unsaturated/α-hetero) is 1. The molecule has 0 radical (unpaired) electrons. The molecule has 2 aromatic rings. The van der Waals surface area contributed by atoms with Crippen LogP contribution in [0.15, 0.2) is 29.2 Å². The van der Waals surface area contributed by atoms with Gasteiger partial charge in [0.25, 0.3) is 0 Å². The molecule has 30 heavy (non-hydrogen) atoms. The lowest BCUT2D eigenvalue weighted by Gasteiger charge is -2.27. The Morgan fingerprint density at radius 3 is 2.23 bits per heavy atom. The van der Waals surface area contributed by atoms with Gasteiger partial charge < -0.3 is 9.72 Å². The topological polar surface area (TPSA) is 96.5 Å². The van der Waals surface area contributed by atoms with E-state index in [0.717, 1.165) is 5.56 Å². The quantitative estimate of drug-likeness (QED) is 0.478. The maximum atomic E-state index is 13.4. The summed E-state index contributed by atoms with van der Waals surface area (Å²) in [6, 6.07) is 5.64. The molecule has 0 aliphatic carbocycles. The predicted molar refractivity (Wildman–Crippen MR) is 115 cm³/mol. The second kappa shape index (κ2) is 9.57. The number of carbonyl (C=O) groups excluding carboxylic acids is 2. The van der Waals surface area contributed by atoms with Crippen LogP contribution in [0.5, 0.6) is 0 Å². The molecule has 0 aliphatic heterocycles. The number of carbonyl (C=O) groups is 2. The Kier molecular flexibility index (Phi) is 7.60. The first-order valence-electron chi connectivity index (χ1n) is 10.0. The fourth-order valence-electron chi connectivity index (χ4n) is 3.45. The van der Waals surface area contributed by atoms with E-state index in [1.54, 1.807) is 52.0 Å². The largest absolute Gasteiger partial charge is 0.461 e. The van der Waals surface area contributed by atoms with Gasteiger partial charge in [0.05, 0.1) is 17.5 Å². The highest BCUT2D eigenvalue weighted by Crippen LogP contribution is 2.25. The first kappa shape index (κ1) is 23.8. The van der Waals surface area contributed by atoms with Crippen LogP contribution in [0.2, 0.25) is 0 Å². The zero-order chi connectivity index (χ0) is 22.6. The molecule has 8 heteroatoms. The third kappa shape index (κ3) is 4.65. The van der Waals surface area contributed by atoms with E-state index < -0.39 is 22.0 Å². The minimum Gasteiger partial charge on any atom is -0.461 e. The van der Waals surface area contributed by atoms with Crippen molar-refractivity contribution >= 4 is 21.8 Å². The van der Waals surface area contributed by atoms with Crippen molar-refractivity contribution in [1.82, 2.24) is 9.29 Å². The van der Waals surface area contributed by atoms with Crippen LogP contribution in [0.1, 0.15) is 64.9 Å². The van der Waals surface area contributed by atoms with Crippen molar-refractivity contribution in [2.45, 2.75) is 58.9 Å². The fourth-order valence-corrected chi connectivity index (χ4v) is 5.14. The Bertz CT molecular complexity index is 1020. The summed E-state index contributed by atoms with van der Waals surface area (Å²) < 4.78 is 32.8. The zero-order valence-electron chi connectivity index (χ0n) is 18.4. The second-order valence-electron chi connectivity index (χ2n) is 7.31. The minimum atomic E-state index is -3.87. The van der Waals surface area contributed by atoms with Gasteiger partial charge in [0.15, 0.2) is 5.78 Å². The van der Waals surface area contributed by atoms with E-state index in [1.807, 2.05) is 13.8 Å². The Hall–Kier alpha value is -2.45. The Balaban J connectivity index is 2.45. The van der Waals surface area contributed by atoms with Gasteiger partial charge in [0.2, 0.25) is 10.0 Å². The van der Waals surface area contributed by atoms with E-state index >= 15 is 0 Å². The normalized spacial score (nSPS) is 12.8. The number of sulfonamides is 1. The van der Waals surface area contributed by atoms with Crippen molar-refractivity contribution in [3.63, 3.8) is 0 Å². The van der Waals surface area contributed by atoms with Crippen molar-refractivity contribution in [3.8, 4) is 0 Å². The number of ketones is 1. The van der Waals surface area contributed by atoms with Gasteiger partial charge in [-0.3, -0.25) is 4.79 Å². The van der Waals surface area contributed by atoms with Gasteiger partial charge in [-0.25, -0.2) is 13.2 Å². The number of rotatable bonds is 9. The Labute approximate surface area is 178 Å². The predicted octanol–water partition coefficient (Wildman–Crippen LogP) is 3.79. The van der Waals surface area contributed by atoms with E-state index in [4.69, 9.17) is 4.74 Å². The van der Waals surface area contributed by atoms with E-state index in [9.17, 15) is 18.0 Å². The molecule has 1 atom stereocenters. The number of hydrogen-bond acceptors (Lipinski definition) is 5. The molecule has 1 aromatic carbocycles. The molecule has 7 nitrogen and oxygen atoms in total. The molecule has 1 heterocycles. The summed E-state index contributed by atoms with van der Waals surface area (Å²) in [6.07, 6.45) is 0.557. The van der Waals surface area contributed by atoms with E-state index in [2.05, 4.69) is 4.98 Å². The monoisotopic (exact) mass is 434 g/mol. The van der Waals surface area contributed by atoms with Gasteiger partial charge in [-0.2, -0.15) is 4.31 Å². The smallest absolute Gasteiger partial charge is 0.355 e. The number of aryl methyl sites for hydroxylation is 2. The molecule has 0 bridgehead atoms. The number of hydrogen-bond donors (Lipinski definition) is 1. The Morgan fingerprint density at radius 1 is 1.10 bits per heavy atom. The average Bonchev–Trinajstić information content (AvgIpc) is 2.99. The van der Waals surface area contributed by atoms with Crippen LogP contribution in [-0.2, 0) is 14.8 Å². The number of aromatic amines is 1. The lowest BCUT2D eigenvalue weighted by molar-refractivity contribution is 0.0519. The molecule has 0 saturated carbocycles. The lowest BCUT2D eigenvalue weighted by Crippen LogP contribution is -2.44. The van der Waals surface area contributed by atoms with Gasteiger partial charge >= 0.3 is 5.97 Å². The molecule has 2 rings (SSSR count). The van der Waals surface area contributed by atoms with Crippen LogP contribution in [0.25, 0.3) is 0 Å². The minimum absolute atomic E-state index is 0.149. The summed E-state index contributed by atoms with van der Waals surface area (Å²) in [6.45, 7) is 10.8. The van der Waals surface area contributed by atoms with Gasteiger partial charge in [0.1, 0.15) is 5.69 Å². The van der Waals surface area contributed by atoms with Gasteiger partial charge in [0, 0.05) is 17.8 Å². The molecule has 164 valence electrons. The molecule has 0 spiro atoms. The molecule has 0 amide bonds. The van der Waals surface area contributed by atoms with Gasteiger partial charge in [-0.05, 0) is 58.7 Å². The van der Waals surface area contributed by atoms with Crippen molar-refractivity contribution in [2.24, 2.45) is 0 Å². The van der Waals surface area contributed by atoms with Crippen LogP contribution in [0, 0.1) is 20.8 Å². The highest BCUT2D eigenvalue weighted by atomic mass is 32.2. The number of benzene rings is 1. The van der Waals surface area contributed by atoms with Crippen molar-refractivity contribution in [1.29, 1.82) is 0 Å². The molecule has 0 saturated heterocycles. The number of esters is 1. The maximum absolute atomic E-state index is 13.4. The SMILES string of the molecule is CCCN(C(C)C(=O)c1c(C)[nH]c(C(=O)OCC)c1C)S(=O)(=O)c1ccc(C)cc1. The molecular formula is C22H30N2O5S. The fraction of sp³-hybridized carbons (Fsp3) is 0.455. The number of nitrogens with zero attached hydrogens (tertiary/aromatic N) is 1. The summed E-state index contributed by atoms with van der Waals surface area (Å²) in [4.78, 5) is 28.6. The number of H-pyrrole nitrogens is 1. The standard InChI is InChI=1S/C22H30N2O5S/c1-7-13-24(30(27,28)18-11-9-14(3)10-12-18)17(6)21(25)19-15(4)20(23-16(19)5)22(26)29-8-2/h9-12,17,23H,7-8,13H2,1-6H3. The van der Waals surface area contributed by atoms with E-state index in [1.165, 1.54) is 4.31 Å². The summed E-state index contributed by atoms with van der Waals surface area (Å²) in [5.74, 6) is -0.900. The molecule has 0 fully saturated rings. The summed E-state index contributed by atoms with van der Waals surface area (Å²) in [5.41, 5.74) is 2.47. The Morgan fingerprint density at radius 2 is 1.70 bits per heavy atom.